The normalized spacial score (nSPS) is 22.5. The number of nitrogens with zero attached hydrogens (tertiary/aromatic N) is 1. The topological polar surface area (TPSA) is 35.5 Å². The predicted molar refractivity (Wildman–Crippen MR) is 50.0 cm³/mol. The maximum absolute atomic E-state index is 9.67. The van der Waals surface area contributed by atoms with Crippen molar-refractivity contribution in [3.8, 4) is 0 Å². The van der Waals surface area contributed by atoms with Crippen LogP contribution in [0, 0.1) is 0 Å². The zero-order chi connectivity index (χ0) is 8.81. The van der Waals surface area contributed by atoms with E-state index in [4.69, 9.17) is 0 Å². The second-order valence-corrected chi connectivity index (χ2v) is 3.38. The van der Waals surface area contributed by atoms with E-state index in [0.29, 0.717) is 6.54 Å². The molecule has 0 spiro atoms. The average molecular weight is 172 g/mol. The minimum atomic E-state index is -0.273. The molecule has 0 aliphatic carbocycles. The Morgan fingerprint density at radius 2 is 2.00 bits per heavy atom. The van der Waals surface area contributed by atoms with Gasteiger partial charge < -0.3 is 10.4 Å². The van der Waals surface area contributed by atoms with Gasteiger partial charge in [-0.3, -0.25) is 4.90 Å². The zero-order valence-corrected chi connectivity index (χ0v) is 7.92. The van der Waals surface area contributed by atoms with Crippen LogP contribution in [0.1, 0.15) is 26.2 Å². The van der Waals surface area contributed by atoms with Crippen LogP contribution in [0.2, 0.25) is 0 Å². The summed E-state index contributed by atoms with van der Waals surface area (Å²) in [5, 5.41) is 12.8. The summed E-state index contributed by atoms with van der Waals surface area (Å²) in [6.45, 7) is 5.82. The van der Waals surface area contributed by atoms with Gasteiger partial charge in [-0.15, -0.1) is 0 Å². The second kappa shape index (κ2) is 5.51. The fourth-order valence-corrected chi connectivity index (χ4v) is 1.62. The van der Waals surface area contributed by atoms with Gasteiger partial charge in [0, 0.05) is 19.6 Å². The van der Waals surface area contributed by atoms with Crippen LogP contribution in [-0.4, -0.2) is 42.4 Å². The van der Waals surface area contributed by atoms with Gasteiger partial charge in [0.15, 0.2) is 0 Å². The lowest BCUT2D eigenvalue weighted by Crippen LogP contribution is -2.44. The van der Waals surface area contributed by atoms with Gasteiger partial charge in [0.05, 0.1) is 0 Å². The Morgan fingerprint density at radius 3 is 2.58 bits per heavy atom. The highest BCUT2D eigenvalue weighted by atomic mass is 16.3. The summed E-state index contributed by atoms with van der Waals surface area (Å²) in [5.41, 5.74) is 0. The molecule has 1 rings (SSSR count). The molecule has 0 aromatic carbocycles. The van der Waals surface area contributed by atoms with Crippen molar-refractivity contribution in [3.05, 3.63) is 0 Å². The first-order valence-electron chi connectivity index (χ1n) is 4.97. The fourth-order valence-electron chi connectivity index (χ4n) is 1.62. The number of rotatable bonds is 4. The number of aliphatic hydroxyl groups excluding tert-OH is 1. The number of likely N-dealkylation sites (tertiary alicyclic amines) is 1. The van der Waals surface area contributed by atoms with E-state index < -0.39 is 0 Å². The minimum Gasteiger partial charge on any atom is -0.377 e. The first kappa shape index (κ1) is 9.96. The largest absolute Gasteiger partial charge is 0.377 e. The molecular weight excluding hydrogens is 152 g/mol. The minimum absolute atomic E-state index is 0.273. The van der Waals surface area contributed by atoms with Crippen molar-refractivity contribution in [2.24, 2.45) is 0 Å². The standard InChI is InChI=1S/C9H20N2O/c1-2-10-8-9(12)11-6-4-3-5-7-11/h9-10,12H,2-8H2,1H3. The van der Waals surface area contributed by atoms with E-state index in [0.717, 1.165) is 19.6 Å². The van der Waals surface area contributed by atoms with Crippen LogP contribution in [0.5, 0.6) is 0 Å². The van der Waals surface area contributed by atoms with Gasteiger partial charge in [-0.2, -0.15) is 0 Å². The Hall–Kier alpha value is -0.120. The van der Waals surface area contributed by atoms with Crippen LogP contribution in [0.15, 0.2) is 0 Å². The van der Waals surface area contributed by atoms with E-state index in [1.54, 1.807) is 0 Å². The lowest BCUT2D eigenvalue weighted by atomic mass is 10.1. The summed E-state index contributed by atoms with van der Waals surface area (Å²) in [7, 11) is 0. The van der Waals surface area contributed by atoms with Crippen molar-refractivity contribution >= 4 is 0 Å². The number of aliphatic hydroxyl groups is 1. The Balaban J connectivity index is 2.15. The highest BCUT2D eigenvalue weighted by Crippen LogP contribution is 2.10. The summed E-state index contributed by atoms with van der Waals surface area (Å²) in [6.07, 6.45) is 3.53. The molecule has 1 aliphatic heterocycles. The third-order valence-corrected chi connectivity index (χ3v) is 2.39. The van der Waals surface area contributed by atoms with Crippen molar-refractivity contribution in [2.75, 3.05) is 26.2 Å². The Kier molecular flexibility index (Phi) is 4.58. The monoisotopic (exact) mass is 172 g/mol. The zero-order valence-electron chi connectivity index (χ0n) is 7.92. The van der Waals surface area contributed by atoms with E-state index in [9.17, 15) is 5.11 Å². The third kappa shape index (κ3) is 3.09. The molecule has 1 unspecified atom stereocenters. The average Bonchev–Trinajstić information content (AvgIpc) is 2.15. The molecule has 72 valence electrons. The van der Waals surface area contributed by atoms with E-state index in [1.165, 1.54) is 19.3 Å². The highest BCUT2D eigenvalue weighted by Gasteiger charge is 2.16. The molecule has 12 heavy (non-hydrogen) atoms. The first-order valence-corrected chi connectivity index (χ1v) is 4.97. The van der Waals surface area contributed by atoms with Gasteiger partial charge in [-0.05, 0) is 19.4 Å². The van der Waals surface area contributed by atoms with Crippen molar-refractivity contribution < 1.29 is 5.11 Å². The molecule has 2 N–H and O–H groups in total. The van der Waals surface area contributed by atoms with Gasteiger partial charge in [-0.1, -0.05) is 13.3 Å². The van der Waals surface area contributed by atoms with Crippen LogP contribution in [-0.2, 0) is 0 Å². The summed E-state index contributed by atoms with van der Waals surface area (Å²) in [4.78, 5) is 2.16. The van der Waals surface area contributed by atoms with Crippen LogP contribution >= 0.6 is 0 Å². The van der Waals surface area contributed by atoms with Gasteiger partial charge in [0.25, 0.3) is 0 Å². The Morgan fingerprint density at radius 1 is 1.33 bits per heavy atom. The van der Waals surface area contributed by atoms with Crippen molar-refractivity contribution in [1.29, 1.82) is 0 Å². The van der Waals surface area contributed by atoms with E-state index in [1.807, 2.05) is 0 Å². The molecule has 0 aromatic rings. The molecule has 0 bridgehead atoms. The summed E-state index contributed by atoms with van der Waals surface area (Å²) in [6, 6.07) is 0. The Labute approximate surface area is 74.8 Å². The van der Waals surface area contributed by atoms with Crippen molar-refractivity contribution in [2.45, 2.75) is 32.4 Å². The molecule has 1 heterocycles. The van der Waals surface area contributed by atoms with Gasteiger partial charge in [0.2, 0.25) is 0 Å². The fraction of sp³-hybridized carbons (Fsp3) is 1.00. The molecular formula is C9H20N2O. The smallest absolute Gasteiger partial charge is 0.119 e. The molecule has 1 fully saturated rings. The van der Waals surface area contributed by atoms with Crippen LogP contribution < -0.4 is 5.32 Å². The van der Waals surface area contributed by atoms with Gasteiger partial charge in [-0.25, -0.2) is 0 Å². The number of hydrogen-bond donors (Lipinski definition) is 2. The summed E-state index contributed by atoms with van der Waals surface area (Å²) >= 11 is 0. The lowest BCUT2D eigenvalue weighted by Gasteiger charge is -2.31. The molecule has 1 saturated heterocycles. The van der Waals surface area contributed by atoms with Crippen molar-refractivity contribution in [3.63, 3.8) is 0 Å². The van der Waals surface area contributed by atoms with Crippen LogP contribution in [0.25, 0.3) is 0 Å². The molecule has 3 nitrogen and oxygen atoms in total. The molecule has 1 aliphatic rings. The predicted octanol–water partition coefficient (Wildman–Crippen LogP) is 0.400. The quantitative estimate of drug-likeness (QED) is 0.644. The molecule has 0 saturated carbocycles. The van der Waals surface area contributed by atoms with Crippen LogP contribution in [0.3, 0.4) is 0 Å². The Bertz CT molecular complexity index is 113. The first-order chi connectivity index (χ1) is 5.84. The summed E-state index contributed by atoms with van der Waals surface area (Å²) in [5.74, 6) is 0. The number of nitrogens with one attached hydrogen (secondary N) is 1. The lowest BCUT2D eigenvalue weighted by molar-refractivity contribution is -0.00612. The van der Waals surface area contributed by atoms with Gasteiger partial charge in [0.1, 0.15) is 6.23 Å². The SMILES string of the molecule is CCNCC(O)N1CCCCC1. The number of likely N-dealkylation sites (N-methyl/N-ethyl adjacent to an activating group) is 1. The van der Waals surface area contributed by atoms with E-state index >= 15 is 0 Å². The van der Waals surface area contributed by atoms with Crippen LogP contribution in [0.4, 0.5) is 0 Å². The third-order valence-electron chi connectivity index (χ3n) is 2.39. The molecule has 0 aromatic heterocycles. The molecule has 0 amide bonds. The maximum atomic E-state index is 9.67. The summed E-state index contributed by atoms with van der Waals surface area (Å²) < 4.78 is 0. The molecule has 0 radical (unpaired) electrons. The van der Waals surface area contributed by atoms with Crippen molar-refractivity contribution in [1.82, 2.24) is 10.2 Å². The molecule has 1 atom stereocenters. The van der Waals surface area contributed by atoms with E-state index in [2.05, 4.69) is 17.1 Å². The second-order valence-electron chi connectivity index (χ2n) is 3.38. The number of hydrogen-bond acceptors (Lipinski definition) is 3. The van der Waals surface area contributed by atoms with E-state index in [-0.39, 0.29) is 6.23 Å². The molecule has 3 heteroatoms. The number of piperidine rings is 1. The maximum Gasteiger partial charge on any atom is 0.119 e. The highest BCUT2D eigenvalue weighted by molar-refractivity contribution is 4.68. The van der Waals surface area contributed by atoms with Gasteiger partial charge >= 0.3 is 0 Å².